The van der Waals surface area contributed by atoms with Crippen LogP contribution in [0.25, 0.3) is 0 Å². The first kappa shape index (κ1) is 16.0. The normalized spacial score (nSPS) is 21.6. The highest BCUT2D eigenvalue weighted by atomic mass is 32.1. The van der Waals surface area contributed by atoms with Crippen LogP contribution in [0.5, 0.6) is 11.5 Å². The third-order valence-corrected chi connectivity index (χ3v) is 6.57. The second-order valence-electron chi connectivity index (χ2n) is 6.75. The average Bonchev–Trinajstić information content (AvgIpc) is 3.03. The average molecular weight is 343 g/mol. The summed E-state index contributed by atoms with van der Waals surface area (Å²) >= 11 is 1.99. The van der Waals surface area contributed by atoms with E-state index in [2.05, 4.69) is 30.4 Å². The van der Waals surface area contributed by atoms with Crippen molar-refractivity contribution in [3.63, 3.8) is 0 Å². The van der Waals surface area contributed by atoms with E-state index < -0.39 is 0 Å². The van der Waals surface area contributed by atoms with Gasteiger partial charge in [-0.15, -0.1) is 11.3 Å². The molecule has 2 heterocycles. The molecule has 0 saturated heterocycles. The molecule has 1 aromatic carbocycles. The van der Waals surface area contributed by atoms with Crippen molar-refractivity contribution in [2.75, 3.05) is 14.2 Å². The summed E-state index contributed by atoms with van der Waals surface area (Å²) in [6.45, 7) is 3.28. The molecule has 0 bridgehead atoms. The number of benzene rings is 1. The van der Waals surface area contributed by atoms with Gasteiger partial charge in [0.05, 0.1) is 14.2 Å². The Labute approximate surface area is 148 Å². The number of hydrogen-bond donors (Lipinski definition) is 1. The summed E-state index contributed by atoms with van der Waals surface area (Å²) < 4.78 is 11.1. The summed E-state index contributed by atoms with van der Waals surface area (Å²) in [6.07, 6.45) is 4.69. The molecule has 0 amide bonds. The molecule has 1 aliphatic carbocycles. The number of hydrogen-bond acceptors (Lipinski definition) is 4. The summed E-state index contributed by atoms with van der Waals surface area (Å²) in [5, 5.41) is 3.78. The third kappa shape index (κ3) is 2.52. The maximum absolute atomic E-state index is 5.57. The maximum Gasteiger partial charge on any atom is 0.161 e. The Morgan fingerprint density at radius 3 is 2.67 bits per heavy atom. The lowest BCUT2D eigenvalue weighted by Crippen LogP contribution is -2.42. The minimum absolute atomic E-state index is 0.444. The van der Waals surface area contributed by atoms with Gasteiger partial charge in [0, 0.05) is 28.3 Å². The largest absolute Gasteiger partial charge is 0.493 e. The Hall–Kier alpha value is -1.52. The van der Waals surface area contributed by atoms with E-state index >= 15 is 0 Å². The van der Waals surface area contributed by atoms with Gasteiger partial charge in [-0.3, -0.25) is 0 Å². The first-order chi connectivity index (χ1) is 11.7. The number of aryl methyl sites for hydroxylation is 2. The Bertz CT molecular complexity index is 752. The van der Waals surface area contributed by atoms with Gasteiger partial charge in [-0.05, 0) is 54.2 Å². The Balaban J connectivity index is 1.82. The lowest BCUT2D eigenvalue weighted by Gasteiger charge is -2.38. The third-order valence-electron chi connectivity index (χ3n) is 5.36. The molecule has 1 aromatic heterocycles. The van der Waals surface area contributed by atoms with Crippen LogP contribution in [0.15, 0.2) is 18.2 Å². The molecule has 2 aliphatic rings. The lowest BCUT2D eigenvalue weighted by molar-refractivity contribution is 0.349. The van der Waals surface area contributed by atoms with E-state index in [1.165, 1.54) is 40.1 Å². The van der Waals surface area contributed by atoms with E-state index in [9.17, 15) is 0 Å². The predicted molar refractivity (Wildman–Crippen MR) is 98.7 cm³/mol. The van der Waals surface area contributed by atoms with Gasteiger partial charge in [-0.25, -0.2) is 0 Å². The molecular formula is C20H25NO2S. The van der Waals surface area contributed by atoms with E-state index in [1.807, 2.05) is 11.3 Å². The van der Waals surface area contributed by atoms with Crippen LogP contribution < -0.4 is 14.8 Å². The predicted octanol–water partition coefficient (Wildman–Crippen LogP) is 4.27. The van der Waals surface area contributed by atoms with Crippen LogP contribution in [0.1, 0.15) is 52.1 Å². The van der Waals surface area contributed by atoms with Gasteiger partial charge in [0.2, 0.25) is 0 Å². The fraction of sp³-hybridized carbons (Fsp3) is 0.500. The molecule has 0 fully saturated rings. The van der Waals surface area contributed by atoms with Crippen molar-refractivity contribution in [3.05, 3.63) is 44.6 Å². The minimum atomic E-state index is 0.444. The first-order valence-electron chi connectivity index (χ1n) is 8.84. The zero-order valence-electron chi connectivity index (χ0n) is 14.6. The molecule has 4 rings (SSSR count). The van der Waals surface area contributed by atoms with E-state index in [4.69, 9.17) is 9.47 Å². The van der Waals surface area contributed by atoms with Crippen LogP contribution in [-0.4, -0.2) is 20.3 Å². The highest BCUT2D eigenvalue weighted by molar-refractivity contribution is 7.12. The van der Waals surface area contributed by atoms with Crippen molar-refractivity contribution in [3.8, 4) is 11.5 Å². The van der Waals surface area contributed by atoms with Crippen LogP contribution in [0.3, 0.4) is 0 Å². The van der Waals surface area contributed by atoms with Crippen LogP contribution >= 0.6 is 11.3 Å². The van der Waals surface area contributed by atoms with Crippen LogP contribution in [0.4, 0.5) is 0 Å². The van der Waals surface area contributed by atoms with Gasteiger partial charge in [0.25, 0.3) is 0 Å². The van der Waals surface area contributed by atoms with E-state index in [-0.39, 0.29) is 0 Å². The second-order valence-corrected chi connectivity index (χ2v) is 7.97. The number of fused-ring (bicyclic) bond motifs is 5. The van der Waals surface area contributed by atoms with Gasteiger partial charge < -0.3 is 14.8 Å². The molecule has 1 aliphatic heterocycles. The zero-order chi connectivity index (χ0) is 16.7. The van der Waals surface area contributed by atoms with Gasteiger partial charge >= 0.3 is 0 Å². The molecule has 0 unspecified atom stereocenters. The molecule has 24 heavy (non-hydrogen) atoms. The molecule has 3 nitrogen and oxygen atoms in total. The second kappa shape index (κ2) is 6.41. The van der Waals surface area contributed by atoms with Crippen molar-refractivity contribution >= 4 is 11.3 Å². The summed E-state index contributed by atoms with van der Waals surface area (Å²) in [6, 6.07) is 7.39. The van der Waals surface area contributed by atoms with Gasteiger partial charge in [0.15, 0.2) is 11.5 Å². The minimum Gasteiger partial charge on any atom is -0.493 e. The number of ether oxygens (including phenoxy) is 2. The fourth-order valence-corrected chi connectivity index (χ4v) is 5.50. The number of rotatable bonds is 4. The summed E-state index contributed by atoms with van der Waals surface area (Å²) in [5.74, 6) is 2.13. The van der Waals surface area contributed by atoms with Gasteiger partial charge in [-0.1, -0.05) is 13.3 Å². The molecule has 2 atom stereocenters. The topological polar surface area (TPSA) is 30.5 Å². The molecule has 0 saturated carbocycles. The summed E-state index contributed by atoms with van der Waals surface area (Å²) in [4.78, 5) is 3.04. The molecule has 0 radical (unpaired) electrons. The zero-order valence-corrected chi connectivity index (χ0v) is 15.5. The van der Waals surface area contributed by atoms with E-state index in [0.717, 1.165) is 24.5 Å². The van der Waals surface area contributed by atoms with Crippen LogP contribution in [0.2, 0.25) is 0 Å². The maximum atomic E-state index is 5.57. The monoisotopic (exact) mass is 343 g/mol. The quantitative estimate of drug-likeness (QED) is 0.899. The molecule has 1 N–H and O–H groups in total. The SMILES string of the molecule is CCCc1cc2c(s1)CN[C@H]1CCc3cc(OC)c(OC)cc3[C@H]21. The fourth-order valence-electron chi connectivity index (χ4n) is 4.24. The summed E-state index contributed by atoms with van der Waals surface area (Å²) in [7, 11) is 3.44. The Morgan fingerprint density at radius 2 is 1.92 bits per heavy atom. The molecule has 4 heteroatoms. The van der Waals surface area contributed by atoms with Crippen molar-refractivity contribution in [2.45, 2.75) is 51.1 Å². The smallest absolute Gasteiger partial charge is 0.161 e. The van der Waals surface area contributed by atoms with Crippen LogP contribution in [-0.2, 0) is 19.4 Å². The Morgan fingerprint density at radius 1 is 1.12 bits per heavy atom. The Kier molecular flexibility index (Phi) is 4.27. The van der Waals surface area contributed by atoms with Crippen molar-refractivity contribution in [1.29, 1.82) is 0 Å². The van der Waals surface area contributed by atoms with Crippen molar-refractivity contribution < 1.29 is 9.47 Å². The first-order valence-corrected chi connectivity index (χ1v) is 9.66. The van der Waals surface area contributed by atoms with Crippen molar-refractivity contribution in [2.24, 2.45) is 0 Å². The molecular weight excluding hydrogens is 318 g/mol. The van der Waals surface area contributed by atoms with Gasteiger partial charge in [-0.2, -0.15) is 0 Å². The number of methoxy groups -OCH3 is 2. The van der Waals surface area contributed by atoms with Crippen LogP contribution in [0, 0.1) is 0 Å². The standard InChI is InChI=1S/C20H25NO2S/c1-4-5-13-9-15-19(24-13)11-21-16-7-6-12-8-17(22-2)18(23-3)10-14(12)20(15)16/h8-10,16,20-21H,4-7,11H2,1-3H3/t16-,20+/m0/s1. The van der Waals surface area contributed by atoms with Gasteiger partial charge in [0.1, 0.15) is 0 Å². The molecule has 2 aromatic rings. The number of nitrogens with one attached hydrogen (secondary N) is 1. The summed E-state index contributed by atoms with van der Waals surface area (Å²) in [5.41, 5.74) is 4.37. The molecule has 0 spiro atoms. The highest BCUT2D eigenvalue weighted by Crippen LogP contribution is 2.46. The number of thiophene rings is 1. The van der Waals surface area contributed by atoms with Crippen molar-refractivity contribution in [1.82, 2.24) is 5.32 Å². The highest BCUT2D eigenvalue weighted by Gasteiger charge is 2.36. The molecule has 128 valence electrons. The van der Waals surface area contributed by atoms with E-state index in [0.29, 0.717) is 12.0 Å². The van der Waals surface area contributed by atoms with E-state index in [1.54, 1.807) is 19.8 Å². The lowest BCUT2D eigenvalue weighted by atomic mass is 9.74.